The first kappa shape index (κ1) is 13.2. The predicted molar refractivity (Wildman–Crippen MR) is 76.4 cm³/mol. The van der Waals surface area contributed by atoms with Crippen LogP contribution in [0.2, 0.25) is 5.15 Å². The number of para-hydroxylation sites is 1. The Bertz CT molecular complexity index is 738. The van der Waals surface area contributed by atoms with E-state index in [1.807, 2.05) is 54.9 Å². The molecule has 0 spiro atoms. The molecule has 0 aliphatic rings. The molecule has 19 heavy (non-hydrogen) atoms. The summed E-state index contributed by atoms with van der Waals surface area (Å²) in [6.45, 7) is 1.92. The molecule has 2 aromatic rings. The SMILES string of the molecule is CCC(=C(C#N)C#N)c1c(Cl)n(C)c2ccccc12. The maximum Gasteiger partial charge on any atom is 0.133 e. The molecule has 1 heterocycles. The normalized spacial score (nSPS) is 9.95. The largest absolute Gasteiger partial charge is 0.334 e. The Balaban J connectivity index is 2.92. The van der Waals surface area contributed by atoms with E-state index in [-0.39, 0.29) is 5.57 Å². The summed E-state index contributed by atoms with van der Waals surface area (Å²) in [7, 11) is 1.87. The maximum absolute atomic E-state index is 9.08. The Morgan fingerprint density at radius 1 is 1.26 bits per heavy atom. The summed E-state index contributed by atoms with van der Waals surface area (Å²) in [5, 5.41) is 19.7. The van der Waals surface area contributed by atoms with E-state index in [0.717, 1.165) is 16.5 Å². The molecule has 94 valence electrons. The molecule has 0 bridgehead atoms. The highest BCUT2D eigenvalue weighted by Gasteiger charge is 2.18. The molecule has 1 aromatic carbocycles. The molecule has 4 heteroatoms. The van der Waals surface area contributed by atoms with Crippen molar-refractivity contribution in [2.24, 2.45) is 7.05 Å². The second kappa shape index (κ2) is 5.18. The van der Waals surface area contributed by atoms with Crippen molar-refractivity contribution in [1.29, 1.82) is 10.5 Å². The molecule has 0 atom stereocenters. The van der Waals surface area contributed by atoms with Crippen molar-refractivity contribution in [3.63, 3.8) is 0 Å². The van der Waals surface area contributed by atoms with Crippen molar-refractivity contribution in [2.45, 2.75) is 13.3 Å². The maximum atomic E-state index is 9.08. The van der Waals surface area contributed by atoms with E-state index in [2.05, 4.69) is 0 Å². The van der Waals surface area contributed by atoms with Crippen LogP contribution in [0, 0.1) is 22.7 Å². The van der Waals surface area contributed by atoms with Gasteiger partial charge < -0.3 is 4.57 Å². The molecule has 0 fully saturated rings. The first-order valence-corrected chi connectivity index (χ1v) is 6.30. The van der Waals surface area contributed by atoms with E-state index in [1.54, 1.807) is 0 Å². The first-order valence-electron chi connectivity index (χ1n) is 5.92. The summed E-state index contributed by atoms with van der Waals surface area (Å²) in [5.74, 6) is 0. The molecule has 0 N–H and O–H groups in total. The number of nitriles is 2. The van der Waals surface area contributed by atoms with Gasteiger partial charge >= 0.3 is 0 Å². The molecule has 3 nitrogen and oxygen atoms in total. The van der Waals surface area contributed by atoms with Crippen molar-refractivity contribution in [1.82, 2.24) is 4.57 Å². The Hall–Kier alpha value is -2.23. The highest BCUT2D eigenvalue weighted by molar-refractivity contribution is 6.33. The zero-order valence-electron chi connectivity index (χ0n) is 10.7. The van der Waals surface area contributed by atoms with Gasteiger partial charge in [-0.15, -0.1) is 0 Å². The van der Waals surface area contributed by atoms with Gasteiger partial charge in [-0.25, -0.2) is 0 Å². The Kier molecular flexibility index (Phi) is 3.60. The highest BCUT2D eigenvalue weighted by Crippen LogP contribution is 2.36. The van der Waals surface area contributed by atoms with Crippen molar-refractivity contribution >= 4 is 28.1 Å². The van der Waals surface area contributed by atoms with Crippen LogP contribution in [0.1, 0.15) is 18.9 Å². The van der Waals surface area contributed by atoms with E-state index in [0.29, 0.717) is 17.1 Å². The lowest BCUT2D eigenvalue weighted by atomic mass is 9.98. The second-order valence-corrected chi connectivity index (χ2v) is 4.53. The number of aromatic nitrogens is 1. The van der Waals surface area contributed by atoms with Crippen LogP contribution in [0.3, 0.4) is 0 Å². The number of nitrogens with zero attached hydrogens (tertiary/aromatic N) is 3. The monoisotopic (exact) mass is 269 g/mol. The molecule has 0 saturated carbocycles. The standard InChI is InChI=1S/C15H12ClN3/c1-3-11(10(8-17)9-18)14-12-6-4-5-7-13(12)19(2)15(14)16/h4-7H,3H2,1-2H3. The molecule has 0 unspecified atom stereocenters. The van der Waals surface area contributed by atoms with Crippen molar-refractivity contribution < 1.29 is 0 Å². The third-order valence-electron chi connectivity index (χ3n) is 3.22. The van der Waals surface area contributed by atoms with Gasteiger partial charge in [0.25, 0.3) is 0 Å². The summed E-state index contributed by atoms with van der Waals surface area (Å²) < 4.78 is 1.87. The third-order valence-corrected chi connectivity index (χ3v) is 3.66. The zero-order valence-corrected chi connectivity index (χ0v) is 11.5. The topological polar surface area (TPSA) is 52.5 Å². The Morgan fingerprint density at radius 2 is 1.89 bits per heavy atom. The van der Waals surface area contributed by atoms with Crippen LogP contribution in [0.4, 0.5) is 0 Å². The van der Waals surface area contributed by atoms with Crippen LogP contribution in [0.25, 0.3) is 16.5 Å². The van der Waals surface area contributed by atoms with E-state index in [9.17, 15) is 0 Å². The molecule has 2 rings (SSSR count). The van der Waals surface area contributed by atoms with Crippen molar-refractivity contribution in [2.75, 3.05) is 0 Å². The summed E-state index contributed by atoms with van der Waals surface area (Å²) in [5.41, 5.74) is 2.61. The minimum absolute atomic E-state index is 0.126. The lowest BCUT2D eigenvalue weighted by molar-refractivity contribution is 0.967. The van der Waals surface area contributed by atoms with Crippen molar-refractivity contribution in [3.8, 4) is 12.1 Å². The summed E-state index contributed by atoms with van der Waals surface area (Å²) >= 11 is 6.38. The lowest BCUT2D eigenvalue weighted by Gasteiger charge is -2.04. The molecule has 0 aliphatic carbocycles. The summed E-state index contributed by atoms with van der Waals surface area (Å²) in [4.78, 5) is 0. The van der Waals surface area contributed by atoms with Crippen LogP contribution < -0.4 is 0 Å². The van der Waals surface area contributed by atoms with Gasteiger partial charge in [0.15, 0.2) is 0 Å². The van der Waals surface area contributed by atoms with Crippen LogP contribution in [0.15, 0.2) is 29.8 Å². The molecule has 0 amide bonds. The fraction of sp³-hybridized carbons (Fsp3) is 0.200. The van der Waals surface area contributed by atoms with E-state index >= 15 is 0 Å². The van der Waals surface area contributed by atoms with E-state index in [1.165, 1.54) is 0 Å². The van der Waals surface area contributed by atoms with E-state index in [4.69, 9.17) is 22.1 Å². The lowest BCUT2D eigenvalue weighted by Crippen LogP contribution is -1.90. The number of aryl methyl sites for hydroxylation is 1. The fourth-order valence-corrected chi connectivity index (χ4v) is 2.59. The Labute approximate surface area is 116 Å². The Morgan fingerprint density at radius 3 is 2.47 bits per heavy atom. The highest BCUT2D eigenvalue weighted by atomic mass is 35.5. The van der Waals surface area contributed by atoms with Crippen LogP contribution in [0.5, 0.6) is 0 Å². The molecule has 1 aromatic heterocycles. The number of allylic oxidation sites excluding steroid dienone is 2. The van der Waals surface area contributed by atoms with Gasteiger partial charge in [0.2, 0.25) is 0 Å². The fourth-order valence-electron chi connectivity index (χ4n) is 2.29. The average molecular weight is 270 g/mol. The van der Waals surface area contributed by atoms with Gasteiger partial charge in [-0.05, 0) is 18.1 Å². The molecular formula is C15H12ClN3. The van der Waals surface area contributed by atoms with E-state index < -0.39 is 0 Å². The number of halogens is 1. The van der Waals surface area contributed by atoms with Gasteiger partial charge in [0.1, 0.15) is 22.9 Å². The zero-order chi connectivity index (χ0) is 14.0. The predicted octanol–water partition coefficient (Wildman–Crippen LogP) is 4.04. The van der Waals surface area contributed by atoms with Crippen LogP contribution in [-0.4, -0.2) is 4.57 Å². The van der Waals surface area contributed by atoms with Crippen molar-refractivity contribution in [3.05, 3.63) is 40.6 Å². The quantitative estimate of drug-likeness (QED) is 0.773. The minimum Gasteiger partial charge on any atom is -0.334 e. The summed E-state index contributed by atoms with van der Waals surface area (Å²) in [6, 6.07) is 11.7. The van der Waals surface area contributed by atoms with Gasteiger partial charge in [-0.3, -0.25) is 0 Å². The smallest absolute Gasteiger partial charge is 0.133 e. The second-order valence-electron chi connectivity index (χ2n) is 4.17. The van der Waals surface area contributed by atoms with Gasteiger partial charge in [-0.1, -0.05) is 36.7 Å². The number of hydrogen-bond acceptors (Lipinski definition) is 2. The molecule has 0 radical (unpaired) electrons. The van der Waals surface area contributed by atoms with Gasteiger partial charge in [-0.2, -0.15) is 10.5 Å². The molecular weight excluding hydrogens is 258 g/mol. The minimum atomic E-state index is 0.126. The molecule has 0 saturated heterocycles. The average Bonchev–Trinajstić information content (AvgIpc) is 2.69. The third kappa shape index (κ3) is 1.99. The number of rotatable bonds is 2. The molecule has 0 aliphatic heterocycles. The first-order chi connectivity index (χ1) is 9.15. The van der Waals surface area contributed by atoms with Gasteiger partial charge in [0.05, 0.1) is 0 Å². The van der Waals surface area contributed by atoms with Gasteiger partial charge in [0, 0.05) is 23.5 Å². The summed E-state index contributed by atoms with van der Waals surface area (Å²) in [6.07, 6.45) is 0.587. The van der Waals surface area contributed by atoms with Crippen LogP contribution >= 0.6 is 11.6 Å². The number of hydrogen-bond donors (Lipinski definition) is 0. The number of fused-ring (bicyclic) bond motifs is 1. The van der Waals surface area contributed by atoms with Crippen LogP contribution in [-0.2, 0) is 7.05 Å². The number of benzene rings is 1.